The first kappa shape index (κ1) is 32.2. The number of carbonyl (C=O) groups excluding carboxylic acids is 3. The van der Waals surface area contributed by atoms with E-state index in [0.29, 0.717) is 47.6 Å². The molecule has 224 valence electrons. The van der Waals surface area contributed by atoms with Crippen molar-refractivity contribution in [3.8, 4) is 22.6 Å². The maximum absolute atomic E-state index is 13.0. The standard InChI is InChI=1S/C34H42N2O6/c1-24(2)14-16-35-32(37)22-40-30-12-10-27(11-13-30)28-18-29(34(39)42-21-26-8-6-5-7-9-26)20-31(19-28)41-23-33(38)36-17-15-25(3)4/h5-13,18-20,24-25H,14-17,21-23H2,1-4H3,(H,35,37)(H,36,38). The van der Waals surface area contributed by atoms with Crippen molar-refractivity contribution in [1.82, 2.24) is 10.6 Å². The normalized spacial score (nSPS) is 10.8. The van der Waals surface area contributed by atoms with Crippen LogP contribution in [0.3, 0.4) is 0 Å². The van der Waals surface area contributed by atoms with Gasteiger partial charge in [0.05, 0.1) is 5.56 Å². The van der Waals surface area contributed by atoms with Gasteiger partial charge in [-0.15, -0.1) is 0 Å². The van der Waals surface area contributed by atoms with E-state index in [9.17, 15) is 14.4 Å². The maximum atomic E-state index is 13.0. The van der Waals surface area contributed by atoms with E-state index in [-0.39, 0.29) is 31.6 Å². The number of carbonyl (C=O) groups is 3. The fourth-order valence-corrected chi connectivity index (χ4v) is 3.92. The molecule has 0 aliphatic heterocycles. The fraction of sp³-hybridized carbons (Fsp3) is 0.382. The average molecular weight is 575 g/mol. The summed E-state index contributed by atoms with van der Waals surface area (Å²) < 4.78 is 17.0. The second-order valence-corrected chi connectivity index (χ2v) is 11.0. The molecule has 8 nitrogen and oxygen atoms in total. The van der Waals surface area contributed by atoms with E-state index in [1.165, 1.54) is 0 Å². The van der Waals surface area contributed by atoms with Gasteiger partial charge in [-0.2, -0.15) is 0 Å². The minimum Gasteiger partial charge on any atom is -0.484 e. The third kappa shape index (κ3) is 11.6. The summed E-state index contributed by atoms with van der Waals surface area (Å²) in [4.78, 5) is 37.3. The predicted octanol–water partition coefficient (Wildman–Crippen LogP) is 5.79. The maximum Gasteiger partial charge on any atom is 0.338 e. The molecule has 0 heterocycles. The van der Waals surface area contributed by atoms with Gasteiger partial charge in [0, 0.05) is 13.1 Å². The monoisotopic (exact) mass is 574 g/mol. The van der Waals surface area contributed by atoms with Gasteiger partial charge in [0.2, 0.25) is 0 Å². The van der Waals surface area contributed by atoms with E-state index in [1.54, 1.807) is 30.3 Å². The number of ether oxygens (including phenoxy) is 3. The van der Waals surface area contributed by atoms with Crippen LogP contribution in [0.25, 0.3) is 11.1 Å². The van der Waals surface area contributed by atoms with Crippen molar-refractivity contribution in [1.29, 1.82) is 0 Å². The lowest BCUT2D eigenvalue weighted by Crippen LogP contribution is -2.30. The van der Waals surface area contributed by atoms with Crippen LogP contribution >= 0.6 is 0 Å². The Hall–Kier alpha value is -4.33. The smallest absolute Gasteiger partial charge is 0.338 e. The molecule has 3 rings (SSSR count). The summed E-state index contributed by atoms with van der Waals surface area (Å²) in [5, 5.41) is 5.70. The topological polar surface area (TPSA) is 103 Å². The molecule has 0 saturated carbocycles. The average Bonchev–Trinajstić information content (AvgIpc) is 2.98. The van der Waals surface area contributed by atoms with Crippen LogP contribution in [-0.2, 0) is 20.9 Å². The molecule has 0 radical (unpaired) electrons. The van der Waals surface area contributed by atoms with Crippen molar-refractivity contribution in [2.75, 3.05) is 26.3 Å². The van der Waals surface area contributed by atoms with Crippen molar-refractivity contribution < 1.29 is 28.6 Å². The molecule has 2 N–H and O–H groups in total. The largest absolute Gasteiger partial charge is 0.484 e. The Bertz CT molecular complexity index is 1290. The van der Waals surface area contributed by atoms with Gasteiger partial charge in [0.25, 0.3) is 11.8 Å². The summed E-state index contributed by atoms with van der Waals surface area (Å²) in [6.07, 6.45) is 1.79. The molecular weight excluding hydrogens is 532 g/mol. The number of benzene rings is 3. The quantitative estimate of drug-likeness (QED) is 0.210. The van der Waals surface area contributed by atoms with Gasteiger partial charge >= 0.3 is 5.97 Å². The lowest BCUT2D eigenvalue weighted by atomic mass is 10.0. The minimum absolute atomic E-state index is 0.0720. The van der Waals surface area contributed by atoms with Gasteiger partial charge in [0.1, 0.15) is 18.1 Å². The number of amides is 2. The summed E-state index contributed by atoms with van der Waals surface area (Å²) in [6.45, 7) is 9.48. The highest BCUT2D eigenvalue weighted by molar-refractivity contribution is 5.92. The van der Waals surface area contributed by atoms with Gasteiger partial charge in [-0.3, -0.25) is 9.59 Å². The highest BCUT2D eigenvalue weighted by Gasteiger charge is 2.14. The van der Waals surface area contributed by atoms with Crippen LogP contribution < -0.4 is 20.1 Å². The Morgan fingerprint density at radius 2 is 1.24 bits per heavy atom. The summed E-state index contributed by atoms with van der Waals surface area (Å²) in [5.74, 6) is 1.01. The fourth-order valence-electron chi connectivity index (χ4n) is 3.92. The molecule has 0 aliphatic carbocycles. The molecule has 0 saturated heterocycles. The van der Waals surface area contributed by atoms with E-state index in [1.807, 2.05) is 42.5 Å². The van der Waals surface area contributed by atoms with E-state index < -0.39 is 5.97 Å². The third-order valence-corrected chi connectivity index (χ3v) is 6.37. The number of rotatable bonds is 16. The van der Waals surface area contributed by atoms with E-state index in [2.05, 4.69) is 38.3 Å². The van der Waals surface area contributed by atoms with Crippen molar-refractivity contribution >= 4 is 17.8 Å². The molecule has 8 heteroatoms. The number of esters is 1. The zero-order valence-corrected chi connectivity index (χ0v) is 25.0. The lowest BCUT2D eigenvalue weighted by Gasteiger charge is -2.13. The highest BCUT2D eigenvalue weighted by Crippen LogP contribution is 2.28. The lowest BCUT2D eigenvalue weighted by molar-refractivity contribution is -0.123. The summed E-state index contributed by atoms with van der Waals surface area (Å²) in [6, 6.07) is 21.7. The van der Waals surface area contributed by atoms with Crippen LogP contribution in [0.1, 0.15) is 56.5 Å². The summed E-state index contributed by atoms with van der Waals surface area (Å²) in [7, 11) is 0. The Morgan fingerprint density at radius 3 is 1.81 bits per heavy atom. The van der Waals surface area contributed by atoms with Gasteiger partial charge in [-0.1, -0.05) is 70.2 Å². The summed E-state index contributed by atoms with van der Waals surface area (Å²) >= 11 is 0. The molecule has 2 amide bonds. The first-order chi connectivity index (χ1) is 20.2. The predicted molar refractivity (Wildman–Crippen MR) is 163 cm³/mol. The molecule has 42 heavy (non-hydrogen) atoms. The molecule has 0 unspecified atom stereocenters. The third-order valence-electron chi connectivity index (χ3n) is 6.37. The van der Waals surface area contributed by atoms with E-state index in [0.717, 1.165) is 24.0 Å². The highest BCUT2D eigenvalue weighted by atomic mass is 16.5. The van der Waals surface area contributed by atoms with Crippen LogP contribution in [0.5, 0.6) is 11.5 Å². The molecule has 0 aliphatic rings. The van der Waals surface area contributed by atoms with Gasteiger partial charge in [-0.25, -0.2) is 4.79 Å². The molecule has 0 spiro atoms. The molecule has 0 atom stereocenters. The van der Waals surface area contributed by atoms with Gasteiger partial charge in [-0.05, 0) is 71.7 Å². The molecule has 3 aromatic rings. The second kappa shape index (κ2) is 16.8. The van der Waals surface area contributed by atoms with Crippen molar-refractivity contribution in [2.24, 2.45) is 11.8 Å². The van der Waals surface area contributed by atoms with Crippen molar-refractivity contribution in [3.63, 3.8) is 0 Å². The van der Waals surface area contributed by atoms with Crippen LogP contribution in [-0.4, -0.2) is 44.1 Å². The molecular formula is C34H42N2O6. The second-order valence-electron chi connectivity index (χ2n) is 11.0. The number of hydrogen-bond acceptors (Lipinski definition) is 6. The molecule has 0 aromatic heterocycles. The summed E-state index contributed by atoms with van der Waals surface area (Å²) in [5.41, 5.74) is 2.68. The Kier molecular flexibility index (Phi) is 12.9. The number of nitrogens with one attached hydrogen (secondary N) is 2. The van der Waals surface area contributed by atoms with Crippen molar-refractivity contribution in [2.45, 2.75) is 47.1 Å². The Morgan fingerprint density at radius 1 is 0.667 bits per heavy atom. The minimum atomic E-state index is -0.504. The van der Waals surface area contributed by atoms with Crippen LogP contribution in [0.15, 0.2) is 72.8 Å². The number of hydrogen-bond donors (Lipinski definition) is 2. The molecule has 3 aromatic carbocycles. The van der Waals surface area contributed by atoms with E-state index in [4.69, 9.17) is 14.2 Å². The first-order valence-electron chi connectivity index (χ1n) is 14.4. The van der Waals surface area contributed by atoms with Gasteiger partial charge < -0.3 is 24.8 Å². The van der Waals surface area contributed by atoms with Crippen molar-refractivity contribution in [3.05, 3.63) is 83.9 Å². The first-order valence-corrected chi connectivity index (χ1v) is 14.4. The van der Waals surface area contributed by atoms with Gasteiger partial charge in [0.15, 0.2) is 13.2 Å². The Balaban J connectivity index is 1.70. The van der Waals surface area contributed by atoms with E-state index >= 15 is 0 Å². The van der Waals surface area contributed by atoms with Crippen LogP contribution in [0.2, 0.25) is 0 Å². The van der Waals surface area contributed by atoms with Crippen LogP contribution in [0.4, 0.5) is 0 Å². The molecule has 0 bridgehead atoms. The zero-order valence-electron chi connectivity index (χ0n) is 25.0. The molecule has 0 fully saturated rings. The Labute approximate surface area is 248 Å². The SMILES string of the molecule is CC(C)CCNC(=O)COc1ccc(-c2cc(OCC(=O)NCCC(C)C)cc(C(=O)OCc3ccccc3)c2)cc1. The zero-order chi connectivity index (χ0) is 30.3. The van der Waals surface area contributed by atoms with Crippen LogP contribution in [0, 0.1) is 11.8 Å².